The van der Waals surface area contributed by atoms with Crippen LogP contribution in [0.1, 0.15) is 0 Å². The minimum Gasteiger partial charge on any atom is -0.458 e. The fraction of sp³-hybridized carbons (Fsp3) is 0. The van der Waals surface area contributed by atoms with Gasteiger partial charge in [-0.15, -0.1) is 0 Å². The molecule has 0 spiro atoms. The van der Waals surface area contributed by atoms with Crippen molar-refractivity contribution < 1.29 is 13.9 Å². The molecule has 4 aliphatic heterocycles. The smallest absolute Gasteiger partial charge is 0.256 e. The zero-order valence-electron chi connectivity index (χ0n) is 29.1. The SMILES string of the molecule is c1cc2c3c(c1)-n1c4ccccc4c4cccc(c41)B3c1cc3c(cc1O2)Oc1cccc2c1B3c1cccc3c4c5oc6ccccc6c5ccc4n-2c13. The number of fused-ring (bicyclic) bond motifs is 18. The molecule has 0 N–H and O–H groups in total. The van der Waals surface area contributed by atoms with Gasteiger partial charge < -0.3 is 23.0 Å². The van der Waals surface area contributed by atoms with Crippen LogP contribution in [0.3, 0.4) is 0 Å². The summed E-state index contributed by atoms with van der Waals surface area (Å²) in [5.74, 6) is 3.48. The second-order valence-corrected chi connectivity index (χ2v) is 15.5. The van der Waals surface area contributed by atoms with Gasteiger partial charge in [-0.3, -0.25) is 0 Å². The molecule has 11 aromatic rings. The maximum absolute atomic E-state index is 6.93. The molecule has 0 unspecified atom stereocenters. The van der Waals surface area contributed by atoms with Gasteiger partial charge in [0, 0.05) is 55.4 Å². The van der Waals surface area contributed by atoms with Gasteiger partial charge in [0.1, 0.15) is 34.2 Å². The Morgan fingerprint density at radius 3 is 1.75 bits per heavy atom. The molecule has 0 atom stereocenters. The number of nitrogens with zero attached hydrogens (tertiary/aromatic N) is 2. The van der Waals surface area contributed by atoms with E-state index in [1.807, 2.05) is 6.07 Å². The summed E-state index contributed by atoms with van der Waals surface area (Å²) in [4.78, 5) is 0. The number of para-hydroxylation sites is 4. The van der Waals surface area contributed by atoms with Crippen molar-refractivity contribution >= 4 is 112 Å². The molecule has 0 saturated heterocycles. The molecule has 0 amide bonds. The lowest BCUT2D eigenvalue weighted by Gasteiger charge is -2.36. The Morgan fingerprint density at radius 1 is 0.400 bits per heavy atom. The van der Waals surface area contributed by atoms with E-state index in [0.717, 1.165) is 61.5 Å². The lowest BCUT2D eigenvalue weighted by Crippen LogP contribution is -2.62. The Kier molecular flexibility index (Phi) is 4.57. The molecule has 15 rings (SSSR count). The van der Waals surface area contributed by atoms with E-state index < -0.39 is 0 Å². The standard InChI is InChI=1S/C48H24B2N2O3/c1-3-15-34-25(9-1)27-11-5-13-30-46(27)51(34)36-16-7-19-39-44(36)49(30)32-23-33-42(24-41(32)53-39)54-40-20-8-17-37-45(40)50(33)31-14-6-12-29-43-35(52(37)47(29)31)22-21-28-26-10-2-4-18-38(26)55-48(28)43/h1-24H. The first-order valence-corrected chi connectivity index (χ1v) is 19.0. The molecule has 0 radical (unpaired) electrons. The highest BCUT2D eigenvalue weighted by Crippen LogP contribution is 2.43. The van der Waals surface area contributed by atoms with Gasteiger partial charge in [0.05, 0.1) is 16.4 Å². The van der Waals surface area contributed by atoms with Crippen molar-refractivity contribution in [3.05, 3.63) is 146 Å². The first kappa shape index (κ1) is 27.5. The van der Waals surface area contributed by atoms with Crippen LogP contribution in [0, 0.1) is 0 Å². The van der Waals surface area contributed by atoms with Gasteiger partial charge in [-0.25, -0.2) is 0 Å². The monoisotopic (exact) mass is 698 g/mol. The highest BCUT2D eigenvalue weighted by molar-refractivity contribution is 7.02. The highest BCUT2D eigenvalue weighted by atomic mass is 16.5. The third kappa shape index (κ3) is 3.05. The number of rotatable bonds is 0. The number of ether oxygens (including phenoxy) is 2. The molecule has 0 bridgehead atoms. The molecular weight excluding hydrogens is 674 g/mol. The van der Waals surface area contributed by atoms with E-state index in [4.69, 9.17) is 13.9 Å². The zero-order valence-corrected chi connectivity index (χ0v) is 29.1. The van der Waals surface area contributed by atoms with Crippen LogP contribution in [0.4, 0.5) is 0 Å². The summed E-state index contributed by atoms with van der Waals surface area (Å²) >= 11 is 0. The van der Waals surface area contributed by atoms with E-state index in [1.54, 1.807) is 0 Å². The quantitative estimate of drug-likeness (QED) is 0.153. The lowest BCUT2D eigenvalue weighted by atomic mass is 9.31. The normalized spacial score (nSPS) is 14.0. The van der Waals surface area contributed by atoms with Gasteiger partial charge in [0.2, 0.25) is 0 Å². The minimum atomic E-state index is -0.0330. The largest absolute Gasteiger partial charge is 0.458 e. The van der Waals surface area contributed by atoms with Gasteiger partial charge in [-0.1, -0.05) is 91.0 Å². The van der Waals surface area contributed by atoms with E-state index in [9.17, 15) is 0 Å². The molecule has 55 heavy (non-hydrogen) atoms. The molecule has 5 nitrogen and oxygen atoms in total. The number of benzene rings is 8. The number of hydrogen-bond acceptors (Lipinski definition) is 3. The van der Waals surface area contributed by atoms with Crippen molar-refractivity contribution in [1.29, 1.82) is 0 Å². The molecule has 250 valence electrons. The maximum Gasteiger partial charge on any atom is 0.256 e. The summed E-state index contributed by atoms with van der Waals surface area (Å²) in [6.07, 6.45) is 0. The minimum absolute atomic E-state index is 0.00426. The van der Waals surface area contributed by atoms with Gasteiger partial charge >= 0.3 is 0 Å². The second-order valence-electron chi connectivity index (χ2n) is 15.5. The highest BCUT2D eigenvalue weighted by Gasteiger charge is 2.45. The van der Waals surface area contributed by atoms with Gasteiger partial charge in [0.15, 0.2) is 0 Å². The van der Waals surface area contributed by atoms with Crippen LogP contribution in [-0.2, 0) is 0 Å². The topological polar surface area (TPSA) is 41.5 Å². The van der Waals surface area contributed by atoms with Crippen molar-refractivity contribution in [2.24, 2.45) is 0 Å². The van der Waals surface area contributed by atoms with Crippen molar-refractivity contribution in [1.82, 2.24) is 9.13 Å². The number of furan rings is 1. The van der Waals surface area contributed by atoms with Crippen LogP contribution >= 0.6 is 0 Å². The van der Waals surface area contributed by atoms with Crippen molar-refractivity contribution in [3.63, 3.8) is 0 Å². The second kappa shape index (κ2) is 9.15. The Bertz CT molecular complexity index is 3650. The van der Waals surface area contributed by atoms with Crippen LogP contribution in [0.2, 0.25) is 0 Å². The molecule has 0 aliphatic carbocycles. The third-order valence-corrected chi connectivity index (χ3v) is 13.0. The zero-order chi connectivity index (χ0) is 35.3. The lowest BCUT2D eigenvalue weighted by molar-refractivity contribution is 0.465. The molecule has 0 saturated carbocycles. The summed E-state index contributed by atoms with van der Waals surface area (Å²) in [5.41, 5.74) is 16.4. The Morgan fingerprint density at radius 2 is 1.00 bits per heavy atom. The van der Waals surface area contributed by atoms with Crippen molar-refractivity contribution in [3.8, 4) is 34.4 Å². The maximum atomic E-state index is 6.93. The summed E-state index contributed by atoms with van der Waals surface area (Å²) < 4.78 is 25.4. The summed E-state index contributed by atoms with van der Waals surface area (Å²) in [6, 6.07) is 52.8. The molecule has 7 heterocycles. The van der Waals surface area contributed by atoms with E-state index >= 15 is 0 Å². The van der Waals surface area contributed by atoms with E-state index in [1.165, 1.54) is 71.2 Å². The van der Waals surface area contributed by atoms with E-state index in [0.29, 0.717) is 0 Å². The Labute approximate surface area is 313 Å². The van der Waals surface area contributed by atoms with Gasteiger partial charge in [0.25, 0.3) is 13.4 Å². The van der Waals surface area contributed by atoms with Crippen LogP contribution in [-0.4, -0.2) is 22.6 Å². The fourth-order valence-electron chi connectivity index (χ4n) is 11.0. The molecule has 0 fully saturated rings. The molecule has 8 aromatic carbocycles. The summed E-state index contributed by atoms with van der Waals surface area (Å²) in [6.45, 7) is -0.0287. The molecular formula is C48H24B2N2O3. The molecule has 7 heteroatoms. The van der Waals surface area contributed by atoms with Crippen LogP contribution in [0.25, 0.3) is 76.9 Å². The average molecular weight is 698 g/mol. The predicted octanol–water partition coefficient (Wildman–Crippen LogP) is 7.65. The van der Waals surface area contributed by atoms with Crippen molar-refractivity contribution in [2.75, 3.05) is 0 Å². The van der Waals surface area contributed by atoms with Gasteiger partial charge in [-0.2, -0.15) is 0 Å². The van der Waals surface area contributed by atoms with Crippen LogP contribution < -0.4 is 42.3 Å². The first-order valence-electron chi connectivity index (χ1n) is 19.0. The molecule has 4 aliphatic rings. The molecule has 3 aromatic heterocycles. The first-order chi connectivity index (χ1) is 27.3. The number of hydrogen-bond donors (Lipinski definition) is 0. The Balaban J connectivity index is 1.03. The fourth-order valence-corrected chi connectivity index (χ4v) is 11.0. The van der Waals surface area contributed by atoms with Crippen LogP contribution in [0.15, 0.2) is 150 Å². The third-order valence-electron chi connectivity index (χ3n) is 13.0. The average Bonchev–Trinajstić information content (AvgIpc) is 3.89. The van der Waals surface area contributed by atoms with Gasteiger partial charge in [-0.05, 0) is 81.3 Å². The van der Waals surface area contributed by atoms with Crippen molar-refractivity contribution in [2.45, 2.75) is 0 Å². The summed E-state index contributed by atoms with van der Waals surface area (Å²) in [7, 11) is 0. The summed E-state index contributed by atoms with van der Waals surface area (Å²) in [5, 5.41) is 7.18. The predicted molar refractivity (Wildman–Crippen MR) is 225 cm³/mol. The van der Waals surface area contributed by atoms with E-state index in [-0.39, 0.29) is 13.4 Å². The van der Waals surface area contributed by atoms with Crippen LogP contribution in [0.5, 0.6) is 23.0 Å². The van der Waals surface area contributed by atoms with E-state index in [2.05, 4.69) is 149 Å². The number of aromatic nitrogens is 2. The Hall–Kier alpha value is -7.11.